The molecule has 1 atom stereocenters. The van der Waals surface area contributed by atoms with Crippen LogP contribution in [0.4, 0.5) is 8.78 Å². The van der Waals surface area contributed by atoms with Crippen LogP contribution < -0.4 is 10.5 Å². The Bertz CT molecular complexity index is 602. The molecule has 0 amide bonds. The molecule has 0 saturated carbocycles. The molecule has 2 N–H and O–H groups in total. The smallest absolute Gasteiger partial charge is 0.137 e. The van der Waals surface area contributed by atoms with E-state index in [1.165, 1.54) is 25.6 Å². The standard InChI is InChI=1S/C14H14F2N2O/c1-8-3-11(13(16)5-12(8)15)14(17)9-4-10(19-2)7-18-6-9/h3-7,14H,17H2,1-2H3. The summed E-state index contributed by atoms with van der Waals surface area (Å²) in [6, 6.07) is 3.21. The molecule has 0 saturated heterocycles. The predicted molar refractivity (Wildman–Crippen MR) is 67.9 cm³/mol. The number of hydrogen-bond acceptors (Lipinski definition) is 3. The van der Waals surface area contributed by atoms with Gasteiger partial charge in [0.1, 0.15) is 17.4 Å². The van der Waals surface area contributed by atoms with Crippen molar-refractivity contribution in [2.24, 2.45) is 5.73 Å². The molecule has 100 valence electrons. The van der Waals surface area contributed by atoms with Crippen LogP contribution in [0.15, 0.2) is 30.6 Å². The second-order valence-corrected chi connectivity index (χ2v) is 4.26. The fourth-order valence-electron chi connectivity index (χ4n) is 1.81. The number of pyridine rings is 1. The van der Waals surface area contributed by atoms with E-state index in [1.807, 2.05) is 0 Å². The van der Waals surface area contributed by atoms with E-state index in [2.05, 4.69) is 4.98 Å². The molecular formula is C14H14F2N2O. The fraction of sp³-hybridized carbons (Fsp3) is 0.214. The minimum Gasteiger partial charge on any atom is -0.495 e. The molecule has 1 heterocycles. The molecule has 1 aromatic carbocycles. The summed E-state index contributed by atoms with van der Waals surface area (Å²) in [6.45, 7) is 1.56. The number of aryl methyl sites for hydroxylation is 1. The third-order valence-corrected chi connectivity index (χ3v) is 2.94. The van der Waals surface area contributed by atoms with E-state index in [1.54, 1.807) is 13.0 Å². The number of nitrogens with zero attached hydrogens (tertiary/aromatic N) is 1. The lowest BCUT2D eigenvalue weighted by molar-refractivity contribution is 0.412. The van der Waals surface area contributed by atoms with Crippen molar-refractivity contribution >= 4 is 0 Å². The van der Waals surface area contributed by atoms with Gasteiger partial charge in [-0.1, -0.05) is 0 Å². The molecule has 0 aliphatic heterocycles. The number of hydrogen-bond donors (Lipinski definition) is 1. The first-order valence-electron chi connectivity index (χ1n) is 5.73. The maximum atomic E-state index is 13.8. The monoisotopic (exact) mass is 264 g/mol. The first-order chi connectivity index (χ1) is 9.02. The van der Waals surface area contributed by atoms with Gasteiger partial charge in [-0.05, 0) is 30.2 Å². The van der Waals surface area contributed by atoms with E-state index in [4.69, 9.17) is 10.5 Å². The van der Waals surface area contributed by atoms with Gasteiger partial charge in [0.2, 0.25) is 0 Å². The summed E-state index contributed by atoms with van der Waals surface area (Å²) in [5, 5.41) is 0. The van der Waals surface area contributed by atoms with E-state index in [0.717, 1.165) is 6.07 Å². The Morgan fingerprint density at radius 1 is 1.16 bits per heavy atom. The van der Waals surface area contributed by atoms with Crippen molar-refractivity contribution in [3.8, 4) is 5.75 Å². The number of rotatable bonds is 3. The van der Waals surface area contributed by atoms with Crippen molar-refractivity contribution in [1.82, 2.24) is 4.98 Å². The van der Waals surface area contributed by atoms with Crippen molar-refractivity contribution in [3.63, 3.8) is 0 Å². The Balaban J connectivity index is 2.43. The van der Waals surface area contributed by atoms with E-state index >= 15 is 0 Å². The minimum atomic E-state index is -0.720. The summed E-state index contributed by atoms with van der Waals surface area (Å²) >= 11 is 0. The van der Waals surface area contributed by atoms with Gasteiger partial charge in [0.05, 0.1) is 19.3 Å². The molecule has 19 heavy (non-hydrogen) atoms. The van der Waals surface area contributed by atoms with Gasteiger partial charge in [0, 0.05) is 17.8 Å². The molecule has 0 radical (unpaired) electrons. The van der Waals surface area contributed by atoms with Crippen LogP contribution in [0, 0.1) is 18.6 Å². The normalized spacial score (nSPS) is 12.3. The molecule has 0 fully saturated rings. The lowest BCUT2D eigenvalue weighted by Crippen LogP contribution is -2.14. The predicted octanol–water partition coefficient (Wildman–Crippen LogP) is 2.72. The lowest BCUT2D eigenvalue weighted by Gasteiger charge is -2.15. The SMILES string of the molecule is COc1cncc(C(N)c2cc(C)c(F)cc2F)c1. The average Bonchev–Trinajstić information content (AvgIpc) is 2.42. The van der Waals surface area contributed by atoms with Crippen LogP contribution in [-0.4, -0.2) is 12.1 Å². The van der Waals surface area contributed by atoms with E-state index < -0.39 is 17.7 Å². The summed E-state index contributed by atoms with van der Waals surface area (Å²) in [5.41, 5.74) is 7.18. The fourth-order valence-corrected chi connectivity index (χ4v) is 1.81. The molecule has 3 nitrogen and oxygen atoms in total. The van der Waals surface area contributed by atoms with Gasteiger partial charge in [-0.25, -0.2) is 8.78 Å². The van der Waals surface area contributed by atoms with Crippen LogP contribution in [0.25, 0.3) is 0 Å². The van der Waals surface area contributed by atoms with E-state index in [0.29, 0.717) is 16.9 Å². The second-order valence-electron chi connectivity index (χ2n) is 4.26. The third-order valence-electron chi connectivity index (χ3n) is 2.94. The maximum Gasteiger partial charge on any atom is 0.137 e. The van der Waals surface area contributed by atoms with Crippen LogP contribution in [0.2, 0.25) is 0 Å². The van der Waals surface area contributed by atoms with Gasteiger partial charge in [-0.2, -0.15) is 0 Å². The van der Waals surface area contributed by atoms with Crippen LogP contribution in [0.5, 0.6) is 5.75 Å². The average molecular weight is 264 g/mol. The number of methoxy groups -OCH3 is 1. The van der Waals surface area contributed by atoms with Gasteiger partial charge in [0.15, 0.2) is 0 Å². The Labute approximate surface area is 110 Å². The van der Waals surface area contributed by atoms with Gasteiger partial charge in [-0.3, -0.25) is 4.98 Å². The molecule has 0 aliphatic carbocycles. The highest BCUT2D eigenvalue weighted by Gasteiger charge is 2.16. The molecule has 0 spiro atoms. The molecule has 1 aromatic heterocycles. The van der Waals surface area contributed by atoms with Gasteiger partial charge >= 0.3 is 0 Å². The van der Waals surface area contributed by atoms with Gasteiger partial charge in [-0.15, -0.1) is 0 Å². The number of benzene rings is 1. The number of halogens is 2. The first-order valence-corrected chi connectivity index (χ1v) is 5.73. The van der Waals surface area contributed by atoms with Crippen molar-refractivity contribution in [1.29, 1.82) is 0 Å². The van der Waals surface area contributed by atoms with Crippen molar-refractivity contribution in [3.05, 3.63) is 58.9 Å². The quantitative estimate of drug-likeness (QED) is 0.927. The molecule has 5 heteroatoms. The van der Waals surface area contributed by atoms with Crippen LogP contribution in [-0.2, 0) is 0 Å². The summed E-state index contributed by atoms with van der Waals surface area (Å²) in [7, 11) is 1.51. The third kappa shape index (κ3) is 2.71. The molecule has 0 aliphatic rings. The largest absolute Gasteiger partial charge is 0.495 e. The van der Waals surface area contributed by atoms with E-state index in [9.17, 15) is 8.78 Å². The number of ether oxygens (including phenoxy) is 1. The van der Waals surface area contributed by atoms with Crippen LogP contribution >= 0.6 is 0 Å². The number of nitrogens with two attached hydrogens (primary N) is 1. The zero-order valence-corrected chi connectivity index (χ0v) is 10.7. The highest BCUT2D eigenvalue weighted by atomic mass is 19.1. The first kappa shape index (κ1) is 13.4. The topological polar surface area (TPSA) is 48.1 Å². The molecule has 2 aromatic rings. The molecular weight excluding hydrogens is 250 g/mol. The summed E-state index contributed by atoms with van der Waals surface area (Å²) < 4.78 is 32.1. The minimum absolute atomic E-state index is 0.231. The Morgan fingerprint density at radius 2 is 1.89 bits per heavy atom. The number of aromatic nitrogens is 1. The van der Waals surface area contributed by atoms with Gasteiger partial charge in [0.25, 0.3) is 0 Å². The Hall–Kier alpha value is -2.01. The summed E-state index contributed by atoms with van der Waals surface area (Å²) in [4.78, 5) is 3.97. The van der Waals surface area contributed by atoms with Crippen LogP contribution in [0.3, 0.4) is 0 Å². The molecule has 1 unspecified atom stereocenters. The zero-order chi connectivity index (χ0) is 14.0. The Morgan fingerprint density at radius 3 is 2.58 bits per heavy atom. The Kier molecular flexibility index (Phi) is 3.76. The zero-order valence-electron chi connectivity index (χ0n) is 10.7. The lowest BCUT2D eigenvalue weighted by atomic mass is 9.98. The second kappa shape index (κ2) is 5.32. The maximum absolute atomic E-state index is 13.8. The highest BCUT2D eigenvalue weighted by molar-refractivity contribution is 5.36. The summed E-state index contributed by atoms with van der Waals surface area (Å²) in [6.07, 6.45) is 3.06. The van der Waals surface area contributed by atoms with Crippen molar-refractivity contribution in [2.75, 3.05) is 7.11 Å². The highest BCUT2D eigenvalue weighted by Crippen LogP contribution is 2.26. The van der Waals surface area contributed by atoms with E-state index in [-0.39, 0.29) is 5.56 Å². The summed E-state index contributed by atoms with van der Waals surface area (Å²) in [5.74, 6) is -0.720. The van der Waals surface area contributed by atoms with Gasteiger partial charge < -0.3 is 10.5 Å². The van der Waals surface area contributed by atoms with Crippen molar-refractivity contribution in [2.45, 2.75) is 13.0 Å². The molecule has 0 bridgehead atoms. The molecule has 2 rings (SSSR count). The van der Waals surface area contributed by atoms with Crippen molar-refractivity contribution < 1.29 is 13.5 Å². The van der Waals surface area contributed by atoms with Crippen LogP contribution in [0.1, 0.15) is 22.7 Å².